The molecule has 0 heterocycles. The number of ether oxygens (including phenoxy) is 1. The van der Waals surface area contributed by atoms with Crippen LogP contribution in [-0.2, 0) is 25.0 Å². The molecule has 6 nitrogen and oxygen atoms in total. The van der Waals surface area contributed by atoms with Gasteiger partial charge in [0.2, 0.25) is 0 Å². The van der Waals surface area contributed by atoms with Gasteiger partial charge in [-0.1, -0.05) is 32.9 Å². The molecule has 0 spiro atoms. The van der Waals surface area contributed by atoms with Gasteiger partial charge in [-0.15, -0.1) is 0 Å². The lowest BCUT2D eigenvalue weighted by Gasteiger charge is -2.19. The highest BCUT2D eigenvalue weighted by Gasteiger charge is 2.17. The Kier molecular flexibility index (Phi) is 6.49. The summed E-state index contributed by atoms with van der Waals surface area (Å²) in [6, 6.07) is 13.5. The van der Waals surface area contributed by atoms with Crippen LogP contribution in [0, 0.1) is 0 Å². The molecule has 146 valence electrons. The Morgan fingerprint density at radius 1 is 0.963 bits per heavy atom. The zero-order chi connectivity index (χ0) is 20.1. The van der Waals surface area contributed by atoms with E-state index in [1.807, 2.05) is 12.1 Å². The van der Waals surface area contributed by atoms with Crippen LogP contribution in [0.2, 0.25) is 0 Å². The predicted molar refractivity (Wildman–Crippen MR) is 108 cm³/mol. The Hall–Kier alpha value is -2.54. The normalized spacial score (nSPS) is 11.7. The molecule has 7 heteroatoms. The molecular weight excluding hydrogens is 364 g/mol. The highest BCUT2D eigenvalue weighted by molar-refractivity contribution is 7.92. The van der Waals surface area contributed by atoms with Crippen molar-refractivity contribution >= 4 is 27.4 Å². The number of carbonyl (C=O) groups is 1. The number of nitrogens with one attached hydrogen (secondary N) is 2. The second-order valence-corrected chi connectivity index (χ2v) is 8.80. The summed E-state index contributed by atoms with van der Waals surface area (Å²) in [5.74, 6) is -0.346. The zero-order valence-corrected chi connectivity index (χ0v) is 16.9. The van der Waals surface area contributed by atoms with Crippen molar-refractivity contribution in [3.8, 4) is 0 Å². The van der Waals surface area contributed by atoms with E-state index in [1.54, 1.807) is 43.3 Å². The van der Waals surface area contributed by atoms with Gasteiger partial charge in [-0.3, -0.25) is 9.52 Å². The Balaban J connectivity index is 2.04. The van der Waals surface area contributed by atoms with Gasteiger partial charge >= 0.3 is 5.97 Å². The predicted octanol–water partition coefficient (Wildman–Crippen LogP) is 3.76. The van der Waals surface area contributed by atoms with Gasteiger partial charge in [0.05, 0.1) is 11.5 Å². The van der Waals surface area contributed by atoms with Crippen molar-refractivity contribution in [3.05, 3.63) is 54.1 Å². The molecule has 2 N–H and O–H groups in total. The van der Waals surface area contributed by atoms with Crippen molar-refractivity contribution in [1.82, 2.24) is 0 Å². The highest BCUT2D eigenvalue weighted by Crippen LogP contribution is 2.24. The maximum Gasteiger partial charge on any atom is 0.325 e. The Bertz CT molecular complexity index is 868. The fourth-order valence-corrected chi connectivity index (χ4v) is 3.45. The lowest BCUT2D eigenvalue weighted by molar-refractivity contribution is -0.140. The second-order valence-electron chi connectivity index (χ2n) is 7.12. The summed E-state index contributed by atoms with van der Waals surface area (Å²) in [5.41, 5.74) is 2.16. The summed E-state index contributed by atoms with van der Waals surface area (Å²) in [6.07, 6.45) is 0. The van der Waals surface area contributed by atoms with E-state index < -0.39 is 10.0 Å². The first-order valence-corrected chi connectivity index (χ1v) is 10.2. The Morgan fingerprint density at radius 3 is 2.04 bits per heavy atom. The van der Waals surface area contributed by atoms with Gasteiger partial charge in [0.1, 0.15) is 6.54 Å². The lowest BCUT2D eigenvalue weighted by Crippen LogP contribution is -2.17. The van der Waals surface area contributed by atoms with Gasteiger partial charge in [-0.25, -0.2) is 8.42 Å². The van der Waals surface area contributed by atoms with Gasteiger partial charge in [-0.2, -0.15) is 0 Å². The molecule has 0 aliphatic heterocycles. The van der Waals surface area contributed by atoms with Crippen molar-refractivity contribution in [3.63, 3.8) is 0 Å². The van der Waals surface area contributed by atoms with E-state index in [1.165, 1.54) is 0 Å². The average Bonchev–Trinajstić information content (AvgIpc) is 2.60. The van der Waals surface area contributed by atoms with Crippen LogP contribution in [0.5, 0.6) is 0 Å². The third kappa shape index (κ3) is 5.99. The van der Waals surface area contributed by atoms with E-state index in [9.17, 15) is 13.2 Å². The lowest BCUT2D eigenvalue weighted by atomic mass is 9.87. The molecule has 0 fully saturated rings. The van der Waals surface area contributed by atoms with Crippen LogP contribution in [-0.4, -0.2) is 27.5 Å². The van der Waals surface area contributed by atoms with Crippen LogP contribution in [0.3, 0.4) is 0 Å². The molecule has 27 heavy (non-hydrogen) atoms. The fourth-order valence-electron chi connectivity index (χ4n) is 2.39. The van der Waals surface area contributed by atoms with Crippen LogP contribution in [0.1, 0.15) is 33.3 Å². The summed E-state index contributed by atoms with van der Waals surface area (Å²) in [4.78, 5) is 11.5. The number of hydrogen-bond donors (Lipinski definition) is 2. The van der Waals surface area contributed by atoms with E-state index in [4.69, 9.17) is 4.74 Å². The van der Waals surface area contributed by atoms with Gasteiger partial charge < -0.3 is 10.1 Å². The molecule has 0 bridgehead atoms. The standard InChI is InChI=1S/C20H26N2O4S/c1-5-26-19(23)14-21-16-8-10-17(11-9-16)22-27(24,25)18-12-6-15(7-13-18)20(2,3)4/h6-13,21-22H,5,14H2,1-4H3. The maximum atomic E-state index is 12.5. The van der Waals surface area contributed by atoms with Crippen molar-refractivity contribution < 1.29 is 17.9 Å². The molecular formula is C20H26N2O4S. The van der Waals surface area contributed by atoms with Crippen LogP contribution in [0.4, 0.5) is 11.4 Å². The SMILES string of the molecule is CCOC(=O)CNc1ccc(NS(=O)(=O)c2ccc(C(C)(C)C)cc2)cc1. The summed E-state index contributed by atoms with van der Waals surface area (Å²) >= 11 is 0. The third-order valence-corrected chi connectivity index (χ3v) is 5.31. The minimum atomic E-state index is -3.67. The number of anilines is 2. The smallest absolute Gasteiger partial charge is 0.325 e. The van der Waals surface area contributed by atoms with Crippen LogP contribution in [0.25, 0.3) is 0 Å². The van der Waals surface area contributed by atoms with Gasteiger partial charge in [0.15, 0.2) is 0 Å². The molecule has 0 saturated carbocycles. The first kappa shape index (κ1) is 20.8. The number of rotatable bonds is 7. The fraction of sp³-hybridized carbons (Fsp3) is 0.350. The summed E-state index contributed by atoms with van der Waals surface area (Å²) in [6.45, 7) is 8.36. The molecule has 0 aliphatic carbocycles. The first-order valence-electron chi connectivity index (χ1n) is 8.75. The highest BCUT2D eigenvalue weighted by atomic mass is 32.2. The average molecular weight is 391 g/mol. The number of esters is 1. The topological polar surface area (TPSA) is 84.5 Å². The largest absolute Gasteiger partial charge is 0.465 e. The molecule has 2 aromatic rings. The van der Waals surface area contributed by atoms with Gasteiger partial charge in [0, 0.05) is 11.4 Å². The zero-order valence-electron chi connectivity index (χ0n) is 16.1. The number of sulfonamides is 1. The van der Waals surface area contributed by atoms with Crippen molar-refractivity contribution in [2.45, 2.75) is 38.0 Å². The van der Waals surface area contributed by atoms with E-state index in [0.29, 0.717) is 18.0 Å². The van der Waals surface area contributed by atoms with Crippen molar-refractivity contribution in [1.29, 1.82) is 0 Å². The molecule has 0 amide bonds. The van der Waals surface area contributed by atoms with Crippen molar-refractivity contribution in [2.75, 3.05) is 23.2 Å². The van der Waals surface area contributed by atoms with E-state index in [2.05, 4.69) is 30.8 Å². The number of carbonyl (C=O) groups excluding carboxylic acids is 1. The molecule has 2 aromatic carbocycles. The maximum absolute atomic E-state index is 12.5. The monoisotopic (exact) mass is 390 g/mol. The van der Waals surface area contributed by atoms with Crippen LogP contribution >= 0.6 is 0 Å². The summed E-state index contributed by atoms with van der Waals surface area (Å²) in [7, 11) is -3.67. The van der Waals surface area contributed by atoms with E-state index in [-0.39, 0.29) is 22.8 Å². The molecule has 0 radical (unpaired) electrons. The molecule has 0 saturated heterocycles. The molecule has 2 rings (SSSR count). The van der Waals surface area contributed by atoms with Gasteiger partial charge in [-0.05, 0) is 54.3 Å². The minimum Gasteiger partial charge on any atom is -0.465 e. The summed E-state index contributed by atoms with van der Waals surface area (Å²) in [5, 5.41) is 2.92. The molecule has 0 aliphatic rings. The Morgan fingerprint density at radius 2 is 1.52 bits per heavy atom. The van der Waals surface area contributed by atoms with E-state index >= 15 is 0 Å². The Labute approximate surface area is 161 Å². The van der Waals surface area contributed by atoms with E-state index in [0.717, 1.165) is 5.56 Å². The molecule has 0 atom stereocenters. The molecule has 0 unspecified atom stereocenters. The number of benzene rings is 2. The second kappa shape index (κ2) is 8.43. The minimum absolute atomic E-state index is 0.0396. The third-order valence-electron chi connectivity index (χ3n) is 3.91. The van der Waals surface area contributed by atoms with Crippen molar-refractivity contribution in [2.24, 2.45) is 0 Å². The van der Waals surface area contributed by atoms with Gasteiger partial charge in [0.25, 0.3) is 10.0 Å². The number of hydrogen-bond acceptors (Lipinski definition) is 5. The quantitative estimate of drug-likeness (QED) is 0.703. The molecule has 0 aromatic heterocycles. The van der Waals surface area contributed by atoms with Crippen LogP contribution < -0.4 is 10.0 Å². The first-order chi connectivity index (χ1) is 12.6. The van der Waals surface area contributed by atoms with Crippen LogP contribution in [0.15, 0.2) is 53.4 Å². The summed E-state index contributed by atoms with van der Waals surface area (Å²) < 4.78 is 32.5.